The van der Waals surface area contributed by atoms with Crippen LogP contribution in [0.2, 0.25) is 0 Å². The Kier molecular flexibility index (Phi) is 9.55. The molecule has 1 heterocycles. The lowest BCUT2D eigenvalue weighted by molar-refractivity contribution is -0.140. The van der Waals surface area contributed by atoms with E-state index in [0.29, 0.717) is 31.1 Å². The zero-order valence-electron chi connectivity index (χ0n) is 24.7. The van der Waals surface area contributed by atoms with Gasteiger partial charge in [-0.2, -0.15) is 0 Å². The minimum atomic E-state index is -4.17. The van der Waals surface area contributed by atoms with Gasteiger partial charge < -0.3 is 19.7 Å². The number of nitrogens with zero attached hydrogens (tertiary/aromatic N) is 2. The van der Waals surface area contributed by atoms with Crippen molar-refractivity contribution in [2.24, 2.45) is 0 Å². The summed E-state index contributed by atoms with van der Waals surface area (Å²) in [5.41, 5.74) is 2.19. The van der Waals surface area contributed by atoms with E-state index in [2.05, 4.69) is 5.32 Å². The largest absolute Gasteiger partial charge is 0.486 e. The predicted octanol–water partition coefficient (Wildman–Crippen LogP) is 4.83. The Hall–Kier alpha value is -4.05. The first-order chi connectivity index (χ1) is 20.8. The highest BCUT2D eigenvalue weighted by Crippen LogP contribution is 2.36. The molecule has 2 amide bonds. The summed E-state index contributed by atoms with van der Waals surface area (Å²) < 4.78 is 40.6. The van der Waals surface area contributed by atoms with E-state index in [0.717, 1.165) is 41.1 Å². The van der Waals surface area contributed by atoms with Gasteiger partial charge in [-0.05, 0) is 56.0 Å². The summed E-state index contributed by atoms with van der Waals surface area (Å²) in [6, 6.07) is 19.9. The van der Waals surface area contributed by atoms with Crippen LogP contribution in [0.3, 0.4) is 0 Å². The molecule has 0 bridgehead atoms. The lowest BCUT2D eigenvalue weighted by Crippen LogP contribution is -2.53. The minimum Gasteiger partial charge on any atom is -0.486 e. The number of ether oxygens (including phenoxy) is 2. The van der Waals surface area contributed by atoms with Crippen molar-refractivity contribution in [1.29, 1.82) is 0 Å². The molecule has 228 valence electrons. The number of hydrogen-bond donors (Lipinski definition) is 1. The van der Waals surface area contributed by atoms with E-state index in [9.17, 15) is 18.0 Å². The number of nitrogens with one attached hydrogen (secondary N) is 1. The lowest BCUT2D eigenvalue weighted by Gasteiger charge is -2.34. The number of amides is 2. The summed E-state index contributed by atoms with van der Waals surface area (Å²) in [7, 11) is -4.17. The first-order valence-corrected chi connectivity index (χ1v) is 16.3. The van der Waals surface area contributed by atoms with Gasteiger partial charge in [0, 0.05) is 18.7 Å². The van der Waals surface area contributed by atoms with Crippen LogP contribution in [0, 0.1) is 6.92 Å². The average Bonchev–Trinajstić information content (AvgIpc) is 3.53. The molecule has 0 radical (unpaired) electrons. The van der Waals surface area contributed by atoms with E-state index in [4.69, 9.17) is 9.47 Å². The summed E-state index contributed by atoms with van der Waals surface area (Å²) in [6.45, 7) is 4.24. The maximum absolute atomic E-state index is 14.3. The number of benzene rings is 3. The zero-order chi connectivity index (χ0) is 30.4. The quantitative estimate of drug-likeness (QED) is 0.336. The molecule has 1 N–H and O–H groups in total. The van der Waals surface area contributed by atoms with E-state index < -0.39 is 28.5 Å². The molecule has 0 aromatic heterocycles. The van der Waals surface area contributed by atoms with Gasteiger partial charge in [0.2, 0.25) is 11.8 Å². The van der Waals surface area contributed by atoms with Crippen LogP contribution in [0.4, 0.5) is 5.69 Å². The molecular weight excluding hydrogens is 566 g/mol. The van der Waals surface area contributed by atoms with Gasteiger partial charge in [0.15, 0.2) is 11.5 Å². The van der Waals surface area contributed by atoms with Crippen LogP contribution in [0.15, 0.2) is 77.7 Å². The molecule has 2 aliphatic rings. The number of aryl methyl sites for hydroxylation is 1. The fourth-order valence-corrected chi connectivity index (χ4v) is 7.04. The van der Waals surface area contributed by atoms with Crippen LogP contribution in [0.1, 0.15) is 50.2 Å². The van der Waals surface area contributed by atoms with Crippen LogP contribution >= 0.6 is 0 Å². The first kappa shape index (κ1) is 30.4. The van der Waals surface area contributed by atoms with Gasteiger partial charge in [-0.1, -0.05) is 67.8 Å². The molecule has 0 saturated heterocycles. The highest BCUT2D eigenvalue weighted by molar-refractivity contribution is 7.92. The third-order valence-corrected chi connectivity index (χ3v) is 9.77. The highest BCUT2D eigenvalue weighted by atomic mass is 32.2. The van der Waals surface area contributed by atoms with Gasteiger partial charge >= 0.3 is 0 Å². The molecule has 3 aromatic rings. The van der Waals surface area contributed by atoms with Crippen LogP contribution in [-0.4, -0.2) is 57.0 Å². The molecule has 1 aliphatic heterocycles. The SMILES string of the molecule is CCC(C(=O)NC1CCCC1)N(Cc1ccc(C)cc1)C(=O)CN(c1ccc2c(c1)OCCO2)S(=O)(=O)c1ccccc1. The molecule has 1 aliphatic carbocycles. The molecule has 43 heavy (non-hydrogen) atoms. The van der Waals surface area contributed by atoms with Gasteiger partial charge in [-0.25, -0.2) is 8.42 Å². The Morgan fingerprint density at radius 2 is 1.60 bits per heavy atom. The topological polar surface area (TPSA) is 105 Å². The van der Waals surface area contributed by atoms with E-state index >= 15 is 0 Å². The van der Waals surface area contributed by atoms with Crippen molar-refractivity contribution < 1.29 is 27.5 Å². The van der Waals surface area contributed by atoms with E-state index in [1.165, 1.54) is 17.0 Å². The van der Waals surface area contributed by atoms with Crippen LogP contribution in [0.5, 0.6) is 11.5 Å². The molecule has 1 atom stereocenters. The van der Waals surface area contributed by atoms with Crippen molar-refractivity contribution in [3.8, 4) is 11.5 Å². The molecule has 3 aromatic carbocycles. The molecule has 5 rings (SSSR count). The smallest absolute Gasteiger partial charge is 0.264 e. The van der Waals surface area contributed by atoms with Crippen molar-refractivity contribution >= 4 is 27.5 Å². The Labute approximate surface area is 253 Å². The molecule has 0 spiro atoms. The number of sulfonamides is 1. The van der Waals surface area contributed by atoms with E-state index in [1.54, 1.807) is 36.4 Å². The summed E-state index contributed by atoms with van der Waals surface area (Å²) in [5, 5.41) is 3.14. The van der Waals surface area contributed by atoms with Crippen LogP contribution in [0.25, 0.3) is 0 Å². The van der Waals surface area contributed by atoms with Crippen molar-refractivity contribution in [3.05, 3.63) is 83.9 Å². The summed E-state index contributed by atoms with van der Waals surface area (Å²) in [6.07, 6.45) is 4.35. The normalized spacial score (nSPS) is 15.5. The molecule has 1 unspecified atom stereocenters. The highest BCUT2D eigenvalue weighted by Gasteiger charge is 2.35. The number of hydrogen-bond acceptors (Lipinski definition) is 6. The number of anilines is 1. The Bertz CT molecular complexity index is 1520. The lowest BCUT2D eigenvalue weighted by atomic mass is 10.1. The van der Waals surface area contributed by atoms with Crippen molar-refractivity contribution in [3.63, 3.8) is 0 Å². The summed E-state index contributed by atoms with van der Waals surface area (Å²) in [5.74, 6) is 0.215. The fourth-order valence-electron chi connectivity index (χ4n) is 5.61. The molecule has 1 saturated carbocycles. The van der Waals surface area contributed by atoms with E-state index in [1.807, 2.05) is 38.1 Å². The molecule has 1 fully saturated rings. The third kappa shape index (κ3) is 7.13. The van der Waals surface area contributed by atoms with Crippen LogP contribution in [-0.2, 0) is 26.2 Å². The van der Waals surface area contributed by atoms with Gasteiger partial charge in [0.1, 0.15) is 25.8 Å². The van der Waals surface area contributed by atoms with E-state index in [-0.39, 0.29) is 29.1 Å². The molecule has 10 heteroatoms. The van der Waals surface area contributed by atoms with Crippen molar-refractivity contribution in [2.45, 2.75) is 69.5 Å². The summed E-state index contributed by atoms with van der Waals surface area (Å²) in [4.78, 5) is 29.4. The molecular formula is C33H39N3O6S. The number of rotatable bonds is 11. The Morgan fingerprint density at radius 3 is 2.28 bits per heavy atom. The number of fused-ring (bicyclic) bond motifs is 1. The molecule has 9 nitrogen and oxygen atoms in total. The fraction of sp³-hybridized carbons (Fsp3) is 0.394. The van der Waals surface area contributed by atoms with Crippen molar-refractivity contribution in [2.75, 3.05) is 24.1 Å². The second-order valence-electron chi connectivity index (χ2n) is 11.1. The summed E-state index contributed by atoms with van der Waals surface area (Å²) >= 11 is 0. The Morgan fingerprint density at radius 1 is 0.930 bits per heavy atom. The Balaban J connectivity index is 1.51. The van der Waals surface area contributed by atoms with Gasteiger partial charge in [-0.3, -0.25) is 13.9 Å². The van der Waals surface area contributed by atoms with Crippen molar-refractivity contribution in [1.82, 2.24) is 10.2 Å². The third-order valence-electron chi connectivity index (χ3n) is 7.98. The van der Waals surface area contributed by atoms with Gasteiger partial charge in [-0.15, -0.1) is 0 Å². The average molecular weight is 606 g/mol. The first-order valence-electron chi connectivity index (χ1n) is 14.9. The maximum Gasteiger partial charge on any atom is 0.264 e. The predicted molar refractivity (Wildman–Crippen MR) is 165 cm³/mol. The standard InChI is InChI=1S/C33H39N3O6S/c1-3-29(33(38)34-26-9-7-8-10-26)35(22-25-15-13-24(2)14-16-25)32(37)23-36(43(39,40)28-11-5-4-6-12-28)27-17-18-30-31(21-27)42-20-19-41-30/h4-6,11-18,21,26,29H,3,7-10,19-20,22-23H2,1-2H3,(H,34,38). The monoisotopic (exact) mass is 605 g/mol. The second kappa shape index (κ2) is 13.5. The van der Waals surface area contributed by atoms with Gasteiger partial charge in [0.05, 0.1) is 10.6 Å². The second-order valence-corrected chi connectivity index (χ2v) is 12.9. The number of carbonyl (C=O) groups is 2. The maximum atomic E-state index is 14.3. The van der Waals surface area contributed by atoms with Crippen LogP contribution < -0.4 is 19.1 Å². The zero-order valence-corrected chi connectivity index (χ0v) is 25.5. The number of carbonyl (C=O) groups excluding carboxylic acids is 2. The van der Waals surface area contributed by atoms with Gasteiger partial charge in [0.25, 0.3) is 10.0 Å². The minimum absolute atomic E-state index is 0.0498.